The molecule has 3 nitrogen and oxygen atoms in total. The van der Waals surface area contributed by atoms with Crippen LogP contribution in [0.2, 0.25) is 0 Å². The summed E-state index contributed by atoms with van der Waals surface area (Å²) in [5, 5.41) is 9.20. The Morgan fingerprint density at radius 1 is 1.05 bits per heavy atom. The largest absolute Gasteiger partial charge is 0.457 e. The molecule has 2 aromatic rings. The lowest BCUT2D eigenvalue weighted by Gasteiger charge is -2.29. The van der Waals surface area contributed by atoms with Gasteiger partial charge in [0.05, 0.1) is 0 Å². The smallest absolute Gasteiger partial charge is 0.131 e. The fraction of sp³-hybridized carbons (Fsp3) is 0.250. The zero-order valence-electron chi connectivity index (χ0n) is 10.7. The maximum atomic E-state index is 9.20. The Morgan fingerprint density at radius 2 is 1.84 bits per heavy atom. The van der Waals surface area contributed by atoms with Crippen LogP contribution in [0.25, 0.3) is 0 Å². The molecule has 3 rings (SSSR count). The molecule has 0 amide bonds. The number of hydrogen-bond acceptors (Lipinski definition) is 3. The van der Waals surface area contributed by atoms with Crippen molar-refractivity contribution in [3.05, 3.63) is 59.2 Å². The van der Waals surface area contributed by atoms with Crippen LogP contribution in [0.3, 0.4) is 0 Å². The van der Waals surface area contributed by atoms with Crippen molar-refractivity contribution in [3.8, 4) is 11.5 Å². The first-order valence-corrected chi connectivity index (χ1v) is 6.54. The zero-order valence-corrected chi connectivity index (χ0v) is 10.7. The standard InChI is InChI=1S/C16H17NO2/c17-10-13-12-5-1-2-6-14(12)19-15-7-3-4-11(8-9-18)16(13)15/h1-7,13,18H,8-10,17H2. The van der Waals surface area contributed by atoms with E-state index in [0.717, 1.165) is 28.2 Å². The number of para-hydroxylation sites is 1. The predicted molar refractivity (Wildman–Crippen MR) is 74.6 cm³/mol. The molecule has 0 radical (unpaired) electrons. The Balaban J connectivity index is 2.16. The lowest BCUT2D eigenvalue weighted by Crippen LogP contribution is -2.20. The molecule has 1 unspecified atom stereocenters. The van der Waals surface area contributed by atoms with Crippen molar-refractivity contribution >= 4 is 0 Å². The fourth-order valence-corrected chi connectivity index (χ4v) is 2.79. The quantitative estimate of drug-likeness (QED) is 0.885. The van der Waals surface area contributed by atoms with Crippen molar-refractivity contribution in [1.29, 1.82) is 0 Å². The molecule has 0 aromatic heterocycles. The van der Waals surface area contributed by atoms with Gasteiger partial charge in [-0.05, 0) is 24.1 Å². The van der Waals surface area contributed by atoms with Crippen LogP contribution in [0.15, 0.2) is 42.5 Å². The van der Waals surface area contributed by atoms with E-state index in [0.29, 0.717) is 13.0 Å². The molecule has 0 spiro atoms. The Bertz CT molecular complexity index is 595. The summed E-state index contributed by atoms with van der Waals surface area (Å²) >= 11 is 0. The highest BCUT2D eigenvalue weighted by atomic mass is 16.5. The van der Waals surface area contributed by atoms with Gasteiger partial charge in [0, 0.05) is 30.2 Å². The molecular formula is C16H17NO2. The Kier molecular flexibility index (Phi) is 3.23. The van der Waals surface area contributed by atoms with Gasteiger partial charge in [-0.2, -0.15) is 0 Å². The lowest BCUT2D eigenvalue weighted by atomic mass is 9.84. The summed E-state index contributed by atoms with van der Waals surface area (Å²) < 4.78 is 5.96. The minimum absolute atomic E-state index is 0.134. The number of fused-ring (bicyclic) bond motifs is 2. The first-order valence-electron chi connectivity index (χ1n) is 6.54. The molecule has 0 fully saturated rings. The third-order valence-corrected chi connectivity index (χ3v) is 3.64. The molecule has 1 aliphatic rings. The second-order valence-electron chi connectivity index (χ2n) is 4.73. The summed E-state index contributed by atoms with van der Waals surface area (Å²) in [6.07, 6.45) is 0.630. The first kappa shape index (κ1) is 12.2. The minimum atomic E-state index is 0.134. The molecule has 3 heteroatoms. The average Bonchev–Trinajstić information content (AvgIpc) is 2.45. The van der Waals surface area contributed by atoms with Gasteiger partial charge < -0.3 is 15.6 Å². The van der Waals surface area contributed by atoms with E-state index in [1.807, 2.05) is 36.4 Å². The number of rotatable bonds is 3. The van der Waals surface area contributed by atoms with Gasteiger partial charge in [0.15, 0.2) is 0 Å². The van der Waals surface area contributed by atoms with Crippen LogP contribution in [0, 0.1) is 0 Å². The van der Waals surface area contributed by atoms with Crippen LogP contribution in [0.5, 0.6) is 11.5 Å². The van der Waals surface area contributed by atoms with E-state index in [9.17, 15) is 5.11 Å². The van der Waals surface area contributed by atoms with Gasteiger partial charge in [-0.1, -0.05) is 30.3 Å². The molecule has 1 heterocycles. The molecule has 0 saturated carbocycles. The zero-order chi connectivity index (χ0) is 13.2. The molecule has 2 aromatic carbocycles. The van der Waals surface area contributed by atoms with Crippen LogP contribution in [-0.2, 0) is 6.42 Å². The maximum absolute atomic E-state index is 9.20. The van der Waals surface area contributed by atoms with E-state index < -0.39 is 0 Å². The van der Waals surface area contributed by atoms with E-state index >= 15 is 0 Å². The van der Waals surface area contributed by atoms with Gasteiger partial charge in [0.1, 0.15) is 11.5 Å². The fourth-order valence-electron chi connectivity index (χ4n) is 2.79. The van der Waals surface area contributed by atoms with E-state index in [4.69, 9.17) is 10.5 Å². The Hall–Kier alpha value is -1.84. The van der Waals surface area contributed by atoms with E-state index in [1.54, 1.807) is 0 Å². The summed E-state index contributed by atoms with van der Waals surface area (Å²) in [5.41, 5.74) is 9.35. The molecule has 0 saturated heterocycles. The number of nitrogens with two attached hydrogens (primary N) is 1. The minimum Gasteiger partial charge on any atom is -0.457 e. The van der Waals surface area contributed by atoms with Crippen LogP contribution < -0.4 is 10.5 Å². The first-order chi connectivity index (χ1) is 9.35. The van der Waals surface area contributed by atoms with Crippen LogP contribution in [0.4, 0.5) is 0 Å². The molecule has 19 heavy (non-hydrogen) atoms. The SMILES string of the molecule is NCC1c2ccccc2Oc2cccc(CCO)c21. The molecule has 98 valence electrons. The van der Waals surface area contributed by atoms with E-state index in [1.165, 1.54) is 0 Å². The van der Waals surface area contributed by atoms with Gasteiger partial charge in [-0.3, -0.25) is 0 Å². The third kappa shape index (κ3) is 2.01. The Labute approximate surface area is 112 Å². The second kappa shape index (κ2) is 5.03. The average molecular weight is 255 g/mol. The maximum Gasteiger partial charge on any atom is 0.131 e. The van der Waals surface area contributed by atoms with E-state index in [2.05, 4.69) is 6.07 Å². The molecule has 1 aliphatic heterocycles. The molecular weight excluding hydrogens is 238 g/mol. The summed E-state index contributed by atoms with van der Waals surface area (Å²) in [7, 11) is 0. The van der Waals surface area contributed by atoms with Crippen molar-refractivity contribution in [2.45, 2.75) is 12.3 Å². The molecule has 0 bridgehead atoms. The summed E-state index contributed by atoms with van der Waals surface area (Å²) in [6.45, 7) is 0.672. The summed E-state index contributed by atoms with van der Waals surface area (Å²) in [6, 6.07) is 14.0. The molecule has 1 atom stereocenters. The van der Waals surface area contributed by atoms with Crippen molar-refractivity contribution in [3.63, 3.8) is 0 Å². The number of benzene rings is 2. The highest BCUT2D eigenvalue weighted by molar-refractivity contribution is 5.56. The highest BCUT2D eigenvalue weighted by Gasteiger charge is 2.27. The Morgan fingerprint density at radius 3 is 2.63 bits per heavy atom. The van der Waals surface area contributed by atoms with Crippen molar-refractivity contribution in [2.75, 3.05) is 13.2 Å². The van der Waals surface area contributed by atoms with Crippen LogP contribution in [-0.4, -0.2) is 18.3 Å². The van der Waals surface area contributed by atoms with E-state index in [-0.39, 0.29) is 12.5 Å². The third-order valence-electron chi connectivity index (χ3n) is 3.64. The van der Waals surface area contributed by atoms with Gasteiger partial charge in [-0.15, -0.1) is 0 Å². The van der Waals surface area contributed by atoms with Gasteiger partial charge in [0.2, 0.25) is 0 Å². The van der Waals surface area contributed by atoms with Crippen molar-refractivity contribution in [1.82, 2.24) is 0 Å². The number of aliphatic hydroxyl groups excluding tert-OH is 1. The monoisotopic (exact) mass is 255 g/mol. The highest BCUT2D eigenvalue weighted by Crippen LogP contribution is 2.44. The number of ether oxygens (including phenoxy) is 1. The molecule has 3 N–H and O–H groups in total. The lowest BCUT2D eigenvalue weighted by molar-refractivity contribution is 0.298. The topological polar surface area (TPSA) is 55.5 Å². The van der Waals surface area contributed by atoms with Crippen LogP contribution in [0.1, 0.15) is 22.6 Å². The van der Waals surface area contributed by atoms with Crippen molar-refractivity contribution in [2.24, 2.45) is 5.73 Å². The second-order valence-corrected chi connectivity index (χ2v) is 4.73. The van der Waals surface area contributed by atoms with Gasteiger partial charge in [-0.25, -0.2) is 0 Å². The number of hydrogen-bond donors (Lipinski definition) is 2. The van der Waals surface area contributed by atoms with Crippen molar-refractivity contribution < 1.29 is 9.84 Å². The number of aliphatic hydroxyl groups is 1. The summed E-state index contributed by atoms with van der Waals surface area (Å²) in [5.74, 6) is 1.88. The van der Waals surface area contributed by atoms with Gasteiger partial charge in [0.25, 0.3) is 0 Å². The summed E-state index contributed by atoms with van der Waals surface area (Å²) in [4.78, 5) is 0. The predicted octanol–water partition coefficient (Wildman–Crippen LogP) is 2.42. The molecule has 0 aliphatic carbocycles. The normalized spacial score (nSPS) is 16.4. The van der Waals surface area contributed by atoms with Crippen LogP contribution >= 0.6 is 0 Å². The van der Waals surface area contributed by atoms with Gasteiger partial charge >= 0.3 is 0 Å².